The first-order chi connectivity index (χ1) is 12.2. The van der Waals surface area contributed by atoms with Crippen molar-refractivity contribution in [2.24, 2.45) is 0 Å². The van der Waals surface area contributed by atoms with Crippen LogP contribution in [0.25, 0.3) is 0 Å². The lowest BCUT2D eigenvalue weighted by atomic mass is 10.1. The zero-order chi connectivity index (χ0) is 18.9. The highest BCUT2D eigenvalue weighted by Gasteiger charge is 2.36. The first kappa shape index (κ1) is 19.0. The Kier molecular flexibility index (Phi) is 5.21. The molecule has 1 heterocycles. The van der Waals surface area contributed by atoms with Gasteiger partial charge in [0.25, 0.3) is 0 Å². The number of likely N-dealkylation sites (N-methyl/N-ethyl adjacent to an activating group) is 1. The average molecular weight is 395 g/mol. The fraction of sp³-hybridized carbons (Fsp3) is 0.333. The molecule has 0 spiro atoms. The predicted molar refractivity (Wildman–Crippen MR) is 100 cm³/mol. The fourth-order valence-electron chi connectivity index (χ4n) is 3.13. The van der Waals surface area contributed by atoms with E-state index in [1.54, 1.807) is 0 Å². The lowest BCUT2D eigenvalue weighted by Gasteiger charge is -2.39. The van der Waals surface area contributed by atoms with Crippen molar-refractivity contribution in [1.29, 1.82) is 0 Å². The first-order valence-corrected chi connectivity index (χ1v) is 11.6. The third-order valence-corrected chi connectivity index (χ3v) is 7.63. The van der Waals surface area contributed by atoms with E-state index in [4.69, 9.17) is 0 Å². The van der Waals surface area contributed by atoms with Gasteiger partial charge in [-0.05, 0) is 36.9 Å². The van der Waals surface area contributed by atoms with Crippen LogP contribution < -0.4 is 0 Å². The average Bonchev–Trinajstić information content (AvgIpc) is 2.61. The highest BCUT2D eigenvalue weighted by molar-refractivity contribution is 7.90. The Balaban J connectivity index is 1.98. The Hall–Kier alpha value is -1.74. The second-order valence-electron chi connectivity index (χ2n) is 6.55. The Morgan fingerprint density at radius 2 is 1.42 bits per heavy atom. The van der Waals surface area contributed by atoms with Gasteiger partial charge in [-0.25, -0.2) is 16.8 Å². The van der Waals surface area contributed by atoms with Crippen molar-refractivity contribution in [2.75, 3.05) is 32.9 Å². The molecule has 1 fully saturated rings. The molecule has 0 saturated carbocycles. The number of nitrogens with zero attached hydrogens (tertiary/aromatic N) is 2. The van der Waals surface area contributed by atoms with Crippen LogP contribution in [-0.2, 0) is 19.9 Å². The van der Waals surface area contributed by atoms with E-state index in [9.17, 15) is 16.8 Å². The van der Waals surface area contributed by atoms with E-state index in [0.717, 1.165) is 11.8 Å². The van der Waals surface area contributed by atoms with E-state index in [1.165, 1.54) is 28.6 Å². The highest BCUT2D eigenvalue weighted by Crippen LogP contribution is 2.31. The zero-order valence-electron chi connectivity index (χ0n) is 14.7. The number of piperazine rings is 1. The van der Waals surface area contributed by atoms with Crippen molar-refractivity contribution in [2.45, 2.75) is 15.8 Å². The molecule has 1 aliphatic rings. The summed E-state index contributed by atoms with van der Waals surface area (Å²) in [7, 11) is -5.13. The molecular weight excluding hydrogens is 372 g/mol. The summed E-state index contributed by atoms with van der Waals surface area (Å²) in [5.74, 6) is 0. The van der Waals surface area contributed by atoms with Crippen LogP contribution in [0.1, 0.15) is 11.6 Å². The van der Waals surface area contributed by atoms with Gasteiger partial charge in [-0.15, -0.1) is 0 Å². The van der Waals surface area contributed by atoms with Crippen molar-refractivity contribution >= 4 is 19.9 Å². The maximum atomic E-state index is 13.2. The van der Waals surface area contributed by atoms with E-state index in [1.807, 2.05) is 37.4 Å². The molecule has 3 rings (SSSR count). The summed E-state index contributed by atoms with van der Waals surface area (Å²) in [6.45, 7) is 1.63. The van der Waals surface area contributed by atoms with Gasteiger partial charge < -0.3 is 4.90 Å². The predicted octanol–water partition coefficient (Wildman–Crippen LogP) is 1.77. The van der Waals surface area contributed by atoms with Crippen LogP contribution in [-0.4, -0.2) is 59.0 Å². The van der Waals surface area contributed by atoms with Crippen LogP contribution in [0.15, 0.2) is 64.4 Å². The number of benzene rings is 2. The minimum atomic E-state index is -3.73. The number of rotatable bonds is 4. The maximum Gasteiger partial charge on any atom is 0.243 e. The van der Waals surface area contributed by atoms with Crippen molar-refractivity contribution in [1.82, 2.24) is 9.21 Å². The van der Waals surface area contributed by atoms with Gasteiger partial charge in [-0.1, -0.05) is 30.3 Å². The Morgan fingerprint density at radius 1 is 0.846 bits per heavy atom. The van der Waals surface area contributed by atoms with Gasteiger partial charge in [-0.2, -0.15) is 4.31 Å². The van der Waals surface area contributed by atoms with Crippen LogP contribution in [0, 0.1) is 0 Å². The topological polar surface area (TPSA) is 74.8 Å². The number of sulfonamides is 1. The zero-order valence-corrected chi connectivity index (χ0v) is 16.4. The minimum Gasteiger partial charge on any atom is -0.303 e. The molecule has 0 aliphatic carbocycles. The van der Waals surface area contributed by atoms with E-state index in [0.29, 0.717) is 19.6 Å². The third-order valence-electron chi connectivity index (χ3n) is 4.58. The third kappa shape index (κ3) is 3.83. The summed E-state index contributed by atoms with van der Waals surface area (Å²) in [5.41, 5.74) is 0.940. The van der Waals surface area contributed by atoms with Crippen LogP contribution in [0.3, 0.4) is 0 Å². The van der Waals surface area contributed by atoms with Gasteiger partial charge in [0.15, 0.2) is 9.84 Å². The monoisotopic (exact) mass is 394 g/mol. The molecule has 8 heteroatoms. The van der Waals surface area contributed by atoms with Crippen molar-refractivity contribution in [3.8, 4) is 0 Å². The Labute approximate surface area is 155 Å². The summed E-state index contributed by atoms with van der Waals surface area (Å²) in [5, 5.41) is 0. The van der Waals surface area contributed by atoms with Crippen LogP contribution in [0.4, 0.5) is 0 Å². The molecule has 26 heavy (non-hydrogen) atoms. The normalized spacial score (nSPS) is 20.2. The molecule has 2 aromatic carbocycles. The van der Waals surface area contributed by atoms with Gasteiger partial charge in [0.2, 0.25) is 10.0 Å². The number of hydrogen-bond donors (Lipinski definition) is 0. The Bertz CT molecular complexity index is 972. The molecule has 1 aliphatic heterocycles. The summed E-state index contributed by atoms with van der Waals surface area (Å²) in [4.78, 5) is 2.32. The van der Waals surface area contributed by atoms with Gasteiger partial charge in [0.1, 0.15) is 0 Å². The van der Waals surface area contributed by atoms with Crippen molar-refractivity contribution in [3.05, 3.63) is 60.2 Å². The molecule has 1 saturated heterocycles. The van der Waals surface area contributed by atoms with Crippen LogP contribution in [0.5, 0.6) is 0 Å². The molecule has 0 aromatic heterocycles. The quantitative estimate of drug-likeness (QED) is 0.790. The highest BCUT2D eigenvalue weighted by atomic mass is 32.2. The summed E-state index contributed by atoms with van der Waals surface area (Å²) >= 11 is 0. The molecule has 1 atom stereocenters. The van der Waals surface area contributed by atoms with Gasteiger partial charge >= 0.3 is 0 Å². The van der Waals surface area contributed by atoms with Crippen molar-refractivity contribution < 1.29 is 16.8 Å². The fourth-order valence-corrected chi connectivity index (χ4v) is 5.36. The van der Waals surface area contributed by atoms with Gasteiger partial charge in [0.05, 0.1) is 15.8 Å². The molecule has 1 unspecified atom stereocenters. The molecule has 0 radical (unpaired) electrons. The standard InChI is InChI=1S/C18H22N2O4S2/c1-19-12-13-20(18(14-19)15-6-4-3-5-7-15)26(23,24)17-10-8-16(9-11-17)25(2,21)22/h3-11,18H,12-14H2,1-2H3. The van der Waals surface area contributed by atoms with Gasteiger partial charge in [-0.3, -0.25) is 0 Å². The van der Waals surface area contributed by atoms with E-state index in [-0.39, 0.29) is 15.8 Å². The molecule has 0 amide bonds. The van der Waals surface area contributed by atoms with E-state index >= 15 is 0 Å². The molecule has 6 nitrogen and oxygen atoms in total. The summed E-state index contributed by atoms with van der Waals surface area (Å²) in [6, 6.07) is 14.7. The smallest absolute Gasteiger partial charge is 0.243 e. The maximum absolute atomic E-state index is 13.2. The molecule has 0 N–H and O–H groups in total. The van der Waals surface area contributed by atoms with E-state index in [2.05, 4.69) is 4.90 Å². The van der Waals surface area contributed by atoms with Crippen LogP contribution >= 0.6 is 0 Å². The number of hydrogen-bond acceptors (Lipinski definition) is 5. The molecule has 2 aromatic rings. The molecule has 140 valence electrons. The second-order valence-corrected chi connectivity index (χ2v) is 10.5. The van der Waals surface area contributed by atoms with Crippen LogP contribution in [0.2, 0.25) is 0 Å². The Morgan fingerprint density at radius 3 is 2.00 bits per heavy atom. The minimum absolute atomic E-state index is 0.106. The van der Waals surface area contributed by atoms with E-state index < -0.39 is 19.9 Å². The summed E-state index contributed by atoms with van der Waals surface area (Å²) < 4.78 is 51.1. The lowest BCUT2D eigenvalue weighted by Crippen LogP contribution is -2.49. The second kappa shape index (κ2) is 7.11. The number of sulfone groups is 1. The molecular formula is C18H22N2O4S2. The summed E-state index contributed by atoms with van der Waals surface area (Å²) in [6.07, 6.45) is 1.10. The van der Waals surface area contributed by atoms with Gasteiger partial charge in [0, 0.05) is 25.9 Å². The first-order valence-electron chi connectivity index (χ1n) is 8.25. The SMILES string of the molecule is CN1CCN(S(=O)(=O)c2ccc(S(C)(=O)=O)cc2)C(c2ccccc2)C1. The van der Waals surface area contributed by atoms with Crippen molar-refractivity contribution in [3.63, 3.8) is 0 Å². The lowest BCUT2D eigenvalue weighted by molar-refractivity contribution is 0.160. The largest absolute Gasteiger partial charge is 0.303 e. The molecule has 0 bridgehead atoms.